The van der Waals surface area contributed by atoms with Gasteiger partial charge in [0.2, 0.25) is 5.95 Å². The molecule has 0 atom stereocenters. The van der Waals surface area contributed by atoms with Gasteiger partial charge >= 0.3 is 0 Å². The lowest BCUT2D eigenvalue weighted by molar-refractivity contribution is 0.578. The van der Waals surface area contributed by atoms with Gasteiger partial charge < -0.3 is 5.32 Å². The van der Waals surface area contributed by atoms with E-state index in [0.29, 0.717) is 32.8 Å². The molecule has 8 nitrogen and oxygen atoms in total. The van der Waals surface area contributed by atoms with Crippen LogP contribution in [0.4, 0.5) is 28.8 Å². The lowest BCUT2D eigenvalue weighted by Gasteiger charge is -2.29. The van der Waals surface area contributed by atoms with E-state index >= 15 is 0 Å². The average molecular weight is 535 g/mol. The van der Waals surface area contributed by atoms with Gasteiger partial charge in [-0.15, -0.1) is 9.19 Å². The van der Waals surface area contributed by atoms with Crippen LogP contribution in [0.25, 0.3) is 11.4 Å². The fourth-order valence-corrected chi connectivity index (χ4v) is 5.84. The number of hydrogen-bond donors (Lipinski definition) is 1. The number of benzene rings is 3. The normalized spacial score (nSPS) is 13.7. The molecule has 3 heterocycles. The first-order valence-electron chi connectivity index (χ1n) is 10.8. The number of nitrogens with one attached hydrogen (secondary N) is 1. The van der Waals surface area contributed by atoms with Crippen molar-refractivity contribution in [3.63, 3.8) is 0 Å². The summed E-state index contributed by atoms with van der Waals surface area (Å²) in [6, 6.07) is 24.7. The molecule has 0 spiro atoms. The molecule has 0 unspecified atom stereocenters. The second-order valence-electron chi connectivity index (χ2n) is 7.87. The van der Waals surface area contributed by atoms with Crippen molar-refractivity contribution in [3.05, 3.63) is 101 Å². The number of nitrogens with zero attached hydrogens (tertiary/aromatic N) is 5. The van der Waals surface area contributed by atoms with Gasteiger partial charge in [0.1, 0.15) is 10.7 Å². The number of anilines is 5. The van der Waals surface area contributed by atoms with Crippen LogP contribution in [0.15, 0.2) is 96.0 Å². The maximum Gasteiger partial charge on any atom is 0.288 e. The van der Waals surface area contributed by atoms with Crippen molar-refractivity contribution in [1.29, 1.82) is 0 Å². The Morgan fingerprint density at radius 2 is 1.64 bits per heavy atom. The van der Waals surface area contributed by atoms with Crippen molar-refractivity contribution in [3.8, 4) is 11.4 Å². The molecule has 11 heteroatoms. The van der Waals surface area contributed by atoms with E-state index in [1.54, 1.807) is 65.7 Å². The van der Waals surface area contributed by atoms with Crippen molar-refractivity contribution in [1.82, 2.24) is 19.2 Å². The average Bonchev–Trinajstić information content (AvgIpc) is 3.33. The van der Waals surface area contributed by atoms with Gasteiger partial charge in [0.25, 0.3) is 10.0 Å². The van der Waals surface area contributed by atoms with Gasteiger partial charge in [-0.05, 0) is 54.6 Å². The Bertz CT molecular complexity index is 1720. The Morgan fingerprint density at radius 1 is 0.861 bits per heavy atom. The maximum atomic E-state index is 13.5. The number of para-hydroxylation sites is 2. The van der Waals surface area contributed by atoms with E-state index in [4.69, 9.17) is 23.2 Å². The van der Waals surface area contributed by atoms with E-state index in [9.17, 15) is 8.42 Å². The van der Waals surface area contributed by atoms with Crippen LogP contribution in [0.5, 0.6) is 0 Å². The van der Waals surface area contributed by atoms with Crippen LogP contribution in [0.3, 0.4) is 0 Å². The van der Waals surface area contributed by atoms with E-state index < -0.39 is 10.0 Å². The minimum atomic E-state index is -3.99. The van der Waals surface area contributed by atoms with Gasteiger partial charge in [0, 0.05) is 16.9 Å². The van der Waals surface area contributed by atoms with Crippen molar-refractivity contribution >= 4 is 62.1 Å². The maximum absolute atomic E-state index is 13.5. The van der Waals surface area contributed by atoms with Gasteiger partial charge in [-0.2, -0.15) is 13.4 Å². The standard InChI is InChI=1S/C25H16Cl2N6O2S/c26-16-12-13-20(19(27)15-16)29-23-18(9-6-14-28-23)24-30-25-32(17-7-2-1-3-8-17)21-10-4-5-11-22(21)36(34,35)33(25)31-24/h1-15H,(H,28,29). The van der Waals surface area contributed by atoms with E-state index in [0.717, 1.165) is 9.77 Å². The topological polar surface area (TPSA) is 93.0 Å². The molecule has 1 aliphatic heterocycles. The third-order valence-electron chi connectivity index (χ3n) is 5.62. The van der Waals surface area contributed by atoms with Crippen LogP contribution in [0.2, 0.25) is 10.0 Å². The fraction of sp³-hybridized carbons (Fsp3) is 0. The third kappa shape index (κ3) is 3.69. The number of hydrogen-bond acceptors (Lipinski definition) is 7. The molecule has 0 bridgehead atoms. The molecule has 1 N–H and O–H groups in total. The van der Waals surface area contributed by atoms with E-state index in [2.05, 4.69) is 20.4 Å². The highest BCUT2D eigenvalue weighted by molar-refractivity contribution is 7.90. The number of fused-ring (bicyclic) bond motifs is 2. The van der Waals surface area contributed by atoms with E-state index in [1.807, 2.05) is 30.3 Å². The van der Waals surface area contributed by atoms with Gasteiger partial charge in [-0.3, -0.25) is 4.90 Å². The molecule has 2 aromatic heterocycles. The summed E-state index contributed by atoms with van der Waals surface area (Å²) in [6.07, 6.45) is 1.61. The molecule has 0 aliphatic carbocycles. The monoisotopic (exact) mass is 534 g/mol. The molecule has 3 aromatic carbocycles. The van der Waals surface area contributed by atoms with Crippen LogP contribution in [-0.2, 0) is 10.0 Å². The van der Waals surface area contributed by atoms with Crippen molar-refractivity contribution < 1.29 is 8.42 Å². The quantitative estimate of drug-likeness (QED) is 0.279. The zero-order valence-electron chi connectivity index (χ0n) is 18.4. The number of pyridine rings is 1. The molecular weight excluding hydrogens is 519 g/mol. The van der Waals surface area contributed by atoms with Crippen molar-refractivity contribution in [2.75, 3.05) is 10.2 Å². The number of rotatable bonds is 4. The summed E-state index contributed by atoms with van der Waals surface area (Å²) >= 11 is 12.4. The first-order valence-corrected chi connectivity index (χ1v) is 13.0. The molecule has 178 valence electrons. The fourth-order valence-electron chi connectivity index (χ4n) is 4.00. The molecule has 6 rings (SSSR count). The highest BCUT2D eigenvalue weighted by Crippen LogP contribution is 2.44. The first kappa shape index (κ1) is 22.5. The molecule has 0 fully saturated rings. The van der Waals surface area contributed by atoms with Crippen LogP contribution < -0.4 is 10.2 Å². The van der Waals surface area contributed by atoms with Gasteiger partial charge in [0.15, 0.2) is 5.82 Å². The highest BCUT2D eigenvalue weighted by Gasteiger charge is 2.37. The highest BCUT2D eigenvalue weighted by atomic mass is 35.5. The molecule has 36 heavy (non-hydrogen) atoms. The summed E-state index contributed by atoms with van der Waals surface area (Å²) in [5.41, 5.74) is 2.32. The summed E-state index contributed by atoms with van der Waals surface area (Å²) in [6.45, 7) is 0. The molecule has 0 radical (unpaired) electrons. The zero-order chi connectivity index (χ0) is 24.9. The second kappa shape index (κ2) is 8.63. The minimum absolute atomic E-state index is 0.135. The van der Waals surface area contributed by atoms with Crippen LogP contribution in [0, 0.1) is 0 Å². The molecule has 1 aliphatic rings. The summed E-state index contributed by atoms with van der Waals surface area (Å²) in [4.78, 5) is 11.0. The zero-order valence-corrected chi connectivity index (χ0v) is 20.7. The molecule has 5 aromatic rings. The lowest BCUT2D eigenvalue weighted by Crippen LogP contribution is -2.28. The Kier molecular flexibility index (Phi) is 5.40. The molecule has 0 saturated heterocycles. The van der Waals surface area contributed by atoms with E-state index in [-0.39, 0.29) is 16.7 Å². The minimum Gasteiger partial charge on any atom is -0.338 e. The smallest absolute Gasteiger partial charge is 0.288 e. The number of halogens is 2. The Balaban J connectivity index is 1.52. The van der Waals surface area contributed by atoms with Crippen LogP contribution in [-0.4, -0.2) is 27.6 Å². The third-order valence-corrected chi connectivity index (χ3v) is 7.77. The summed E-state index contributed by atoms with van der Waals surface area (Å²) in [7, 11) is -3.99. The Hall–Kier alpha value is -3.92. The van der Waals surface area contributed by atoms with Crippen LogP contribution in [0.1, 0.15) is 0 Å². The second-order valence-corrected chi connectivity index (χ2v) is 10.5. The van der Waals surface area contributed by atoms with Crippen molar-refractivity contribution in [2.45, 2.75) is 4.90 Å². The summed E-state index contributed by atoms with van der Waals surface area (Å²) in [5, 5.41) is 8.51. The lowest BCUT2D eigenvalue weighted by atomic mass is 10.2. The molecular formula is C25H16Cl2N6O2S. The van der Waals surface area contributed by atoms with Gasteiger partial charge in [0.05, 0.1) is 22.0 Å². The first-order chi connectivity index (χ1) is 17.4. The largest absolute Gasteiger partial charge is 0.338 e. The van der Waals surface area contributed by atoms with Crippen LogP contribution >= 0.6 is 23.2 Å². The molecule has 0 saturated carbocycles. The SMILES string of the molecule is O=S1(=O)c2ccccc2N(c2ccccc2)c2nc(-c3cccnc3Nc3ccc(Cl)cc3Cl)nn21. The summed E-state index contributed by atoms with van der Waals surface area (Å²) < 4.78 is 28.0. The molecule has 0 amide bonds. The van der Waals surface area contributed by atoms with Gasteiger partial charge in [-0.25, -0.2) is 4.98 Å². The van der Waals surface area contributed by atoms with E-state index in [1.165, 1.54) is 0 Å². The Labute approximate surface area is 216 Å². The predicted octanol–water partition coefficient (Wildman–Crippen LogP) is 6.41. The van der Waals surface area contributed by atoms with Gasteiger partial charge in [-0.1, -0.05) is 53.5 Å². The Morgan fingerprint density at radius 3 is 2.44 bits per heavy atom. The predicted molar refractivity (Wildman–Crippen MR) is 140 cm³/mol. The van der Waals surface area contributed by atoms with Crippen molar-refractivity contribution in [2.24, 2.45) is 0 Å². The summed E-state index contributed by atoms with van der Waals surface area (Å²) in [5.74, 6) is 0.739. The number of aromatic nitrogens is 4.